The van der Waals surface area contributed by atoms with Crippen molar-refractivity contribution >= 4 is 33.9 Å². The van der Waals surface area contributed by atoms with Gasteiger partial charge in [-0.1, -0.05) is 59.1 Å². The van der Waals surface area contributed by atoms with Crippen LogP contribution in [0.1, 0.15) is 48.0 Å². The number of hydrogen-bond donors (Lipinski definition) is 1. The Kier molecular flexibility index (Phi) is 8.35. The van der Waals surface area contributed by atoms with E-state index in [1.165, 1.54) is 5.56 Å². The molecule has 0 atom stereocenters. The van der Waals surface area contributed by atoms with E-state index in [9.17, 15) is 9.59 Å². The van der Waals surface area contributed by atoms with Crippen LogP contribution in [0.4, 0.5) is 5.69 Å². The molecule has 0 spiro atoms. The molecular weight excluding hydrogens is 394 g/mol. The molecule has 0 aromatic heterocycles. The monoisotopic (exact) mass is 417 g/mol. The molecule has 5 heteroatoms. The van der Waals surface area contributed by atoms with Crippen LogP contribution in [-0.4, -0.2) is 23.9 Å². The number of carboxylic acids is 1. The number of carboxylic acid groups (broad SMARTS) is 1. The standard InChI is InChI=1S/C21H24BrNO3/c22-19-11-12-20(18(14-19)16-24)23(15-17-8-4-3-5-9-17)13-7-2-1-6-10-21(25)26/h3-5,8-9,11-12,14,16H,1-2,6-7,10,13,15H2,(H,25,26). The highest BCUT2D eigenvalue weighted by Gasteiger charge is 2.12. The fourth-order valence-corrected chi connectivity index (χ4v) is 3.31. The highest BCUT2D eigenvalue weighted by Crippen LogP contribution is 2.25. The number of unbranched alkanes of at least 4 members (excludes halogenated alkanes) is 3. The molecule has 138 valence electrons. The molecule has 26 heavy (non-hydrogen) atoms. The molecule has 2 aromatic rings. The van der Waals surface area contributed by atoms with Gasteiger partial charge in [0, 0.05) is 35.2 Å². The normalized spacial score (nSPS) is 10.5. The minimum Gasteiger partial charge on any atom is -0.481 e. The summed E-state index contributed by atoms with van der Waals surface area (Å²) in [6, 6.07) is 16.0. The molecule has 0 bridgehead atoms. The minimum atomic E-state index is -0.735. The van der Waals surface area contributed by atoms with Crippen LogP contribution in [-0.2, 0) is 11.3 Å². The molecule has 0 radical (unpaired) electrons. The Labute approximate surface area is 163 Å². The molecule has 0 aliphatic heterocycles. The SMILES string of the molecule is O=Cc1cc(Br)ccc1N(CCCCCCC(=O)O)Cc1ccccc1. The molecule has 0 amide bonds. The molecule has 0 saturated heterocycles. The van der Waals surface area contributed by atoms with Crippen LogP contribution in [0.5, 0.6) is 0 Å². The highest BCUT2D eigenvalue weighted by molar-refractivity contribution is 9.10. The Morgan fingerprint density at radius 2 is 1.77 bits per heavy atom. The van der Waals surface area contributed by atoms with Crippen molar-refractivity contribution in [2.24, 2.45) is 0 Å². The second kappa shape index (κ2) is 10.8. The summed E-state index contributed by atoms with van der Waals surface area (Å²) in [6.07, 6.45) is 4.69. The number of rotatable bonds is 11. The number of aldehydes is 1. The third-order valence-corrected chi connectivity index (χ3v) is 4.74. The quantitative estimate of drug-likeness (QED) is 0.397. The second-order valence-electron chi connectivity index (χ2n) is 6.29. The third-order valence-electron chi connectivity index (χ3n) is 4.24. The number of hydrogen-bond acceptors (Lipinski definition) is 3. The fraction of sp³-hybridized carbons (Fsp3) is 0.333. The molecule has 1 N–H and O–H groups in total. The van der Waals surface area contributed by atoms with Gasteiger partial charge in [-0.3, -0.25) is 9.59 Å². The van der Waals surface area contributed by atoms with Gasteiger partial charge in [0.25, 0.3) is 0 Å². The Morgan fingerprint density at radius 3 is 2.46 bits per heavy atom. The van der Waals surface area contributed by atoms with Crippen LogP contribution in [0.15, 0.2) is 53.0 Å². The van der Waals surface area contributed by atoms with E-state index in [1.54, 1.807) is 0 Å². The van der Waals surface area contributed by atoms with Crippen molar-refractivity contribution in [1.82, 2.24) is 0 Å². The van der Waals surface area contributed by atoms with E-state index in [0.29, 0.717) is 12.0 Å². The van der Waals surface area contributed by atoms with Crippen molar-refractivity contribution < 1.29 is 14.7 Å². The van der Waals surface area contributed by atoms with Crippen molar-refractivity contribution in [1.29, 1.82) is 0 Å². The number of benzene rings is 2. The summed E-state index contributed by atoms with van der Waals surface area (Å²) in [6.45, 7) is 1.56. The van der Waals surface area contributed by atoms with E-state index < -0.39 is 5.97 Å². The van der Waals surface area contributed by atoms with Crippen molar-refractivity contribution in [3.8, 4) is 0 Å². The summed E-state index contributed by atoms with van der Waals surface area (Å²) in [5.74, 6) is -0.735. The van der Waals surface area contributed by atoms with Crippen LogP contribution in [0.2, 0.25) is 0 Å². The van der Waals surface area contributed by atoms with E-state index >= 15 is 0 Å². The molecule has 0 aliphatic rings. The molecule has 2 rings (SSSR count). The van der Waals surface area contributed by atoms with E-state index in [0.717, 1.165) is 48.8 Å². The number of halogens is 1. The first-order chi connectivity index (χ1) is 12.6. The lowest BCUT2D eigenvalue weighted by Gasteiger charge is -2.26. The third kappa shape index (κ3) is 6.64. The number of carbonyl (C=O) groups is 2. The maximum Gasteiger partial charge on any atom is 0.303 e. The Balaban J connectivity index is 2.05. The van der Waals surface area contributed by atoms with Crippen LogP contribution < -0.4 is 4.90 Å². The van der Waals surface area contributed by atoms with Crippen LogP contribution in [0, 0.1) is 0 Å². The lowest BCUT2D eigenvalue weighted by molar-refractivity contribution is -0.137. The van der Waals surface area contributed by atoms with Gasteiger partial charge in [-0.25, -0.2) is 0 Å². The van der Waals surface area contributed by atoms with Crippen LogP contribution in [0.25, 0.3) is 0 Å². The first-order valence-electron chi connectivity index (χ1n) is 8.85. The number of carbonyl (C=O) groups excluding carboxylic acids is 1. The molecule has 2 aromatic carbocycles. The number of aliphatic carboxylic acids is 1. The zero-order valence-corrected chi connectivity index (χ0v) is 16.3. The summed E-state index contributed by atoms with van der Waals surface area (Å²) in [4.78, 5) is 24.3. The van der Waals surface area contributed by atoms with Gasteiger partial charge in [-0.15, -0.1) is 0 Å². The smallest absolute Gasteiger partial charge is 0.303 e. The van der Waals surface area contributed by atoms with E-state index in [-0.39, 0.29) is 6.42 Å². The summed E-state index contributed by atoms with van der Waals surface area (Å²) in [5.41, 5.74) is 2.79. The summed E-state index contributed by atoms with van der Waals surface area (Å²) >= 11 is 3.42. The van der Waals surface area contributed by atoms with Crippen molar-refractivity contribution in [2.75, 3.05) is 11.4 Å². The van der Waals surface area contributed by atoms with Gasteiger partial charge in [0.1, 0.15) is 0 Å². The average Bonchev–Trinajstić information content (AvgIpc) is 2.64. The van der Waals surface area contributed by atoms with E-state index in [2.05, 4.69) is 33.0 Å². The van der Waals surface area contributed by atoms with Gasteiger partial charge in [0.15, 0.2) is 6.29 Å². The van der Waals surface area contributed by atoms with Crippen LogP contribution in [0.3, 0.4) is 0 Å². The molecular formula is C21H24BrNO3. The van der Waals surface area contributed by atoms with Crippen molar-refractivity contribution in [3.05, 3.63) is 64.1 Å². The first-order valence-corrected chi connectivity index (χ1v) is 9.65. The maximum absolute atomic E-state index is 11.5. The molecule has 0 saturated carbocycles. The minimum absolute atomic E-state index is 0.232. The lowest BCUT2D eigenvalue weighted by atomic mass is 10.1. The summed E-state index contributed by atoms with van der Waals surface area (Å²) in [7, 11) is 0. The molecule has 0 unspecified atom stereocenters. The Morgan fingerprint density at radius 1 is 1.04 bits per heavy atom. The van der Waals surface area contributed by atoms with E-state index in [1.807, 2.05) is 36.4 Å². The summed E-state index contributed by atoms with van der Waals surface area (Å²) in [5, 5.41) is 8.71. The highest BCUT2D eigenvalue weighted by atomic mass is 79.9. The number of nitrogens with zero attached hydrogens (tertiary/aromatic N) is 1. The average molecular weight is 418 g/mol. The predicted octanol–water partition coefficient (Wildman–Crippen LogP) is 5.30. The second-order valence-corrected chi connectivity index (χ2v) is 7.20. The largest absolute Gasteiger partial charge is 0.481 e. The van der Waals surface area contributed by atoms with Gasteiger partial charge in [-0.2, -0.15) is 0 Å². The molecule has 0 aliphatic carbocycles. The van der Waals surface area contributed by atoms with Crippen LogP contribution >= 0.6 is 15.9 Å². The lowest BCUT2D eigenvalue weighted by Crippen LogP contribution is -2.25. The zero-order valence-electron chi connectivity index (χ0n) is 14.7. The zero-order chi connectivity index (χ0) is 18.8. The van der Waals surface area contributed by atoms with Gasteiger partial charge in [-0.05, 0) is 36.6 Å². The topological polar surface area (TPSA) is 57.6 Å². The molecule has 0 heterocycles. The van der Waals surface area contributed by atoms with E-state index in [4.69, 9.17) is 5.11 Å². The predicted molar refractivity (Wildman–Crippen MR) is 108 cm³/mol. The van der Waals surface area contributed by atoms with Gasteiger partial charge < -0.3 is 10.0 Å². The Hall–Kier alpha value is -2.14. The van der Waals surface area contributed by atoms with Gasteiger partial charge in [0.05, 0.1) is 0 Å². The number of anilines is 1. The molecule has 0 fully saturated rings. The fourth-order valence-electron chi connectivity index (χ4n) is 2.93. The van der Waals surface area contributed by atoms with Gasteiger partial charge in [0.2, 0.25) is 0 Å². The first kappa shape index (κ1) is 20.2. The molecule has 4 nitrogen and oxygen atoms in total. The summed E-state index contributed by atoms with van der Waals surface area (Å²) < 4.78 is 0.886. The Bertz CT molecular complexity index is 718. The van der Waals surface area contributed by atoms with Gasteiger partial charge >= 0.3 is 5.97 Å². The van der Waals surface area contributed by atoms with Crippen molar-refractivity contribution in [3.63, 3.8) is 0 Å². The maximum atomic E-state index is 11.5. The van der Waals surface area contributed by atoms with Crippen molar-refractivity contribution in [2.45, 2.75) is 38.6 Å².